The summed E-state index contributed by atoms with van der Waals surface area (Å²) in [6.07, 6.45) is 2.07. The number of rotatable bonds is 1. The highest BCUT2D eigenvalue weighted by Gasteiger charge is 2.24. The molecule has 0 radical (unpaired) electrons. The van der Waals surface area contributed by atoms with Gasteiger partial charge in [0.1, 0.15) is 0 Å². The standard InChI is InChI=1S/C7H14N2O.ClH/c1-9-4-2-3-6(5-8)7(9)10;/h6H,2-5,8H2,1H3;1H. The van der Waals surface area contributed by atoms with Crippen LogP contribution >= 0.6 is 12.4 Å². The second kappa shape index (κ2) is 4.57. The second-order valence-corrected chi connectivity index (χ2v) is 2.83. The van der Waals surface area contributed by atoms with Gasteiger partial charge in [0.2, 0.25) is 5.91 Å². The first-order valence-electron chi connectivity index (χ1n) is 3.70. The number of carbonyl (C=O) groups is 1. The molecule has 0 bridgehead atoms. The Bertz CT molecular complexity index is 140. The zero-order chi connectivity index (χ0) is 7.56. The van der Waals surface area contributed by atoms with Crippen LogP contribution < -0.4 is 5.73 Å². The van der Waals surface area contributed by atoms with Crippen molar-refractivity contribution in [3.05, 3.63) is 0 Å². The van der Waals surface area contributed by atoms with Crippen molar-refractivity contribution in [1.82, 2.24) is 4.90 Å². The third-order valence-corrected chi connectivity index (χ3v) is 2.06. The van der Waals surface area contributed by atoms with Gasteiger partial charge < -0.3 is 10.6 Å². The van der Waals surface area contributed by atoms with Gasteiger partial charge in [-0.15, -0.1) is 12.4 Å². The van der Waals surface area contributed by atoms with E-state index < -0.39 is 0 Å². The molecular weight excluding hydrogens is 164 g/mol. The topological polar surface area (TPSA) is 46.3 Å². The van der Waals surface area contributed by atoms with Gasteiger partial charge in [-0.25, -0.2) is 0 Å². The summed E-state index contributed by atoms with van der Waals surface area (Å²) < 4.78 is 0. The Morgan fingerprint density at radius 1 is 1.73 bits per heavy atom. The lowest BCUT2D eigenvalue weighted by Crippen LogP contribution is -2.41. The van der Waals surface area contributed by atoms with Crippen molar-refractivity contribution in [2.75, 3.05) is 20.1 Å². The van der Waals surface area contributed by atoms with E-state index >= 15 is 0 Å². The molecule has 0 spiro atoms. The Balaban J connectivity index is 0.000001000. The molecule has 1 saturated heterocycles. The van der Waals surface area contributed by atoms with E-state index in [1.807, 2.05) is 7.05 Å². The highest BCUT2D eigenvalue weighted by molar-refractivity contribution is 5.85. The van der Waals surface area contributed by atoms with Crippen molar-refractivity contribution in [2.45, 2.75) is 12.8 Å². The lowest BCUT2D eigenvalue weighted by Gasteiger charge is -2.28. The van der Waals surface area contributed by atoms with Crippen molar-refractivity contribution in [2.24, 2.45) is 11.7 Å². The molecule has 1 fully saturated rings. The Morgan fingerprint density at radius 2 is 2.36 bits per heavy atom. The normalized spacial score (nSPS) is 24.7. The number of nitrogens with two attached hydrogens (primary N) is 1. The van der Waals surface area contributed by atoms with Gasteiger partial charge in [0.15, 0.2) is 0 Å². The summed E-state index contributed by atoms with van der Waals surface area (Å²) >= 11 is 0. The number of carbonyl (C=O) groups excluding carboxylic acids is 1. The largest absolute Gasteiger partial charge is 0.345 e. The SMILES string of the molecule is CN1CCCC(CN)C1=O.Cl. The average Bonchev–Trinajstić information content (AvgIpc) is 1.95. The summed E-state index contributed by atoms with van der Waals surface area (Å²) in [6.45, 7) is 1.40. The minimum Gasteiger partial charge on any atom is -0.345 e. The molecule has 1 atom stereocenters. The molecule has 0 aromatic carbocycles. The highest BCUT2D eigenvalue weighted by Crippen LogP contribution is 2.14. The van der Waals surface area contributed by atoms with Crippen LogP contribution in [0.25, 0.3) is 0 Å². The molecule has 1 unspecified atom stereocenters. The first-order chi connectivity index (χ1) is 4.75. The maximum atomic E-state index is 11.2. The Hall–Kier alpha value is -0.280. The minimum absolute atomic E-state index is 0. The molecule has 0 saturated carbocycles. The van der Waals surface area contributed by atoms with Crippen LogP contribution in [0.4, 0.5) is 0 Å². The van der Waals surface area contributed by atoms with E-state index in [-0.39, 0.29) is 24.2 Å². The van der Waals surface area contributed by atoms with Crippen molar-refractivity contribution in [3.63, 3.8) is 0 Å². The molecule has 1 heterocycles. The number of likely N-dealkylation sites (tertiary alicyclic amines) is 1. The molecule has 3 nitrogen and oxygen atoms in total. The summed E-state index contributed by atoms with van der Waals surface area (Å²) in [5, 5.41) is 0. The number of nitrogens with zero attached hydrogens (tertiary/aromatic N) is 1. The zero-order valence-corrected chi connectivity index (χ0v) is 7.56. The zero-order valence-electron chi connectivity index (χ0n) is 6.75. The van der Waals surface area contributed by atoms with Crippen molar-refractivity contribution >= 4 is 18.3 Å². The average molecular weight is 179 g/mol. The molecule has 0 aromatic rings. The third-order valence-electron chi connectivity index (χ3n) is 2.06. The number of hydrogen-bond acceptors (Lipinski definition) is 2. The van der Waals surface area contributed by atoms with E-state index in [4.69, 9.17) is 5.73 Å². The Kier molecular flexibility index (Phi) is 4.45. The molecular formula is C7H15ClN2O. The smallest absolute Gasteiger partial charge is 0.226 e. The molecule has 11 heavy (non-hydrogen) atoms. The number of hydrogen-bond donors (Lipinski definition) is 1. The van der Waals surface area contributed by atoms with Crippen LogP contribution in [0, 0.1) is 5.92 Å². The van der Waals surface area contributed by atoms with Gasteiger partial charge in [-0.1, -0.05) is 0 Å². The monoisotopic (exact) mass is 178 g/mol. The summed E-state index contributed by atoms with van der Waals surface area (Å²) in [4.78, 5) is 13.0. The van der Waals surface area contributed by atoms with Crippen LogP contribution in [0.15, 0.2) is 0 Å². The maximum Gasteiger partial charge on any atom is 0.226 e. The summed E-state index contributed by atoms with van der Waals surface area (Å²) in [5.41, 5.74) is 5.41. The van der Waals surface area contributed by atoms with E-state index in [0.29, 0.717) is 6.54 Å². The number of amides is 1. The molecule has 66 valence electrons. The molecule has 1 amide bonds. The first-order valence-corrected chi connectivity index (χ1v) is 3.70. The lowest BCUT2D eigenvalue weighted by molar-refractivity contribution is -0.136. The van der Waals surface area contributed by atoms with E-state index in [1.54, 1.807) is 4.90 Å². The fourth-order valence-electron chi connectivity index (χ4n) is 1.34. The van der Waals surface area contributed by atoms with Crippen LogP contribution in [0.3, 0.4) is 0 Å². The molecule has 1 rings (SSSR count). The molecule has 0 aliphatic carbocycles. The second-order valence-electron chi connectivity index (χ2n) is 2.83. The van der Waals surface area contributed by atoms with Gasteiger partial charge >= 0.3 is 0 Å². The van der Waals surface area contributed by atoms with E-state index in [2.05, 4.69) is 0 Å². The highest BCUT2D eigenvalue weighted by atomic mass is 35.5. The van der Waals surface area contributed by atoms with Gasteiger partial charge in [-0.3, -0.25) is 4.79 Å². The number of halogens is 1. The first kappa shape index (κ1) is 10.7. The van der Waals surface area contributed by atoms with Crippen molar-refractivity contribution < 1.29 is 4.79 Å². The molecule has 0 aromatic heterocycles. The van der Waals surface area contributed by atoms with Crippen LogP contribution in [0.5, 0.6) is 0 Å². The molecule has 1 aliphatic rings. The molecule has 2 N–H and O–H groups in total. The minimum atomic E-state index is 0. The van der Waals surface area contributed by atoms with Gasteiger partial charge in [-0.05, 0) is 12.8 Å². The van der Waals surface area contributed by atoms with Crippen LogP contribution in [0.1, 0.15) is 12.8 Å². The van der Waals surface area contributed by atoms with Crippen molar-refractivity contribution in [3.8, 4) is 0 Å². The summed E-state index contributed by atoms with van der Waals surface area (Å²) in [7, 11) is 1.84. The fraction of sp³-hybridized carbons (Fsp3) is 0.857. The van der Waals surface area contributed by atoms with Gasteiger partial charge in [0.25, 0.3) is 0 Å². The van der Waals surface area contributed by atoms with E-state index in [9.17, 15) is 4.79 Å². The third kappa shape index (κ3) is 2.34. The lowest BCUT2D eigenvalue weighted by atomic mass is 9.98. The van der Waals surface area contributed by atoms with E-state index in [1.165, 1.54) is 0 Å². The van der Waals surface area contributed by atoms with Crippen molar-refractivity contribution in [1.29, 1.82) is 0 Å². The van der Waals surface area contributed by atoms with Gasteiger partial charge in [0.05, 0.1) is 5.92 Å². The molecule has 4 heteroatoms. The number of piperidine rings is 1. The summed E-state index contributed by atoms with van der Waals surface area (Å²) in [6, 6.07) is 0. The quantitative estimate of drug-likeness (QED) is 0.625. The predicted octanol–water partition coefficient (Wildman–Crippen LogP) is 0.235. The maximum absolute atomic E-state index is 11.2. The Morgan fingerprint density at radius 3 is 2.82 bits per heavy atom. The van der Waals surface area contributed by atoms with Crippen LogP contribution in [-0.4, -0.2) is 30.9 Å². The summed E-state index contributed by atoms with van der Waals surface area (Å²) in [5.74, 6) is 0.312. The van der Waals surface area contributed by atoms with Crippen LogP contribution in [0.2, 0.25) is 0 Å². The Labute approximate surface area is 73.3 Å². The van der Waals surface area contributed by atoms with Crippen LogP contribution in [-0.2, 0) is 4.79 Å². The fourth-order valence-corrected chi connectivity index (χ4v) is 1.34. The predicted molar refractivity (Wildman–Crippen MR) is 46.7 cm³/mol. The van der Waals surface area contributed by atoms with Gasteiger partial charge in [-0.2, -0.15) is 0 Å². The van der Waals surface area contributed by atoms with E-state index in [0.717, 1.165) is 19.4 Å². The van der Waals surface area contributed by atoms with Gasteiger partial charge in [0, 0.05) is 20.1 Å². The molecule has 1 aliphatic heterocycles.